The molecule has 82 valence electrons. The van der Waals surface area contributed by atoms with Gasteiger partial charge in [-0.05, 0) is 12.1 Å². The van der Waals surface area contributed by atoms with E-state index in [1.165, 1.54) is 5.51 Å². The lowest BCUT2D eigenvalue weighted by Gasteiger charge is -2.02. The van der Waals surface area contributed by atoms with E-state index in [2.05, 4.69) is 4.98 Å². The fourth-order valence-corrected chi connectivity index (χ4v) is 2.02. The molecule has 0 spiro atoms. The Morgan fingerprint density at radius 1 is 1.50 bits per heavy atom. The smallest absolute Gasteiger partial charge is 0.348 e. The van der Waals surface area contributed by atoms with Crippen molar-refractivity contribution in [2.24, 2.45) is 0 Å². The number of aromatic carboxylic acids is 1. The molecule has 5 heteroatoms. The zero-order valence-corrected chi connectivity index (χ0v) is 9.32. The third kappa shape index (κ3) is 1.90. The molecule has 0 saturated carbocycles. The van der Waals surface area contributed by atoms with Crippen LogP contribution in [0.25, 0.3) is 11.3 Å². The first-order chi connectivity index (χ1) is 7.72. The Balaban J connectivity index is 2.50. The first-order valence-electron chi connectivity index (χ1n) is 4.53. The van der Waals surface area contributed by atoms with Crippen LogP contribution in [0.1, 0.15) is 9.67 Å². The molecule has 1 aromatic carbocycles. The van der Waals surface area contributed by atoms with Crippen LogP contribution >= 0.6 is 11.3 Å². The number of ether oxygens (including phenoxy) is 1. The average Bonchev–Trinajstić information content (AvgIpc) is 2.78. The molecule has 4 nitrogen and oxygen atoms in total. The summed E-state index contributed by atoms with van der Waals surface area (Å²) in [4.78, 5) is 15.3. The molecule has 0 fully saturated rings. The molecule has 0 radical (unpaired) electrons. The fourth-order valence-electron chi connectivity index (χ4n) is 1.37. The summed E-state index contributed by atoms with van der Waals surface area (Å²) in [6.45, 7) is 0. The van der Waals surface area contributed by atoms with E-state index in [-0.39, 0.29) is 4.88 Å². The number of carboxylic acid groups (broad SMARTS) is 1. The number of thiazole rings is 1. The van der Waals surface area contributed by atoms with E-state index in [0.29, 0.717) is 11.4 Å². The molecular formula is C11H9NO3S. The van der Waals surface area contributed by atoms with Crippen molar-refractivity contribution < 1.29 is 14.6 Å². The number of carboxylic acids is 1. The quantitative estimate of drug-likeness (QED) is 0.888. The molecule has 1 heterocycles. The highest BCUT2D eigenvalue weighted by Crippen LogP contribution is 2.27. The highest BCUT2D eigenvalue weighted by atomic mass is 32.1. The molecule has 0 bridgehead atoms. The zero-order valence-electron chi connectivity index (χ0n) is 8.51. The SMILES string of the molecule is COc1cccc(-c2ncsc2C(=O)O)c1. The van der Waals surface area contributed by atoms with Gasteiger partial charge >= 0.3 is 5.97 Å². The summed E-state index contributed by atoms with van der Waals surface area (Å²) in [7, 11) is 1.57. The van der Waals surface area contributed by atoms with E-state index in [9.17, 15) is 4.79 Å². The minimum atomic E-state index is -0.958. The standard InChI is InChI=1S/C11H9NO3S/c1-15-8-4-2-3-7(5-8)9-10(11(13)14)16-6-12-9/h2-6H,1H3,(H,13,14). The lowest BCUT2D eigenvalue weighted by atomic mass is 10.1. The van der Waals surface area contributed by atoms with Crippen molar-refractivity contribution in [1.29, 1.82) is 0 Å². The van der Waals surface area contributed by atoms with Gasteiger partial charge in [0.1, 0.15) is 10.6 Å². The number of hydrogen-bond donors (Lipinski definition) is 1. The molecule has 2 aromatic rings. The minimum Gasteiger partial charge on any atom is -0.497 e. The minimum absolute atomic E-state index is 0.244. The van der Waals surface area contributed by atoms with Crippen molar-refractivity contribution in [2.45, 2.75) is 0 Å². The maximum Gasteiger partial charge on any atom is 0.348 e. The van der Waals surface area contributed by atoms with Crippen molar-refractivity contribution in [2.75, 3.05) is 7.11 Å². The van der Waals surface area contributed by atoms with Crippen molar-refractivity contribution in [3.05, 3.63) is 34.7 Å². The van der Waals surface area contributed by atoms with Gasteiger partial charge in [0, 0.05) is 5.56 Å². The van der Waals surface area contributed by atoms with E-state index in [4.69, 9.17) is 9.84 Å². The normalized spacial score (nSPS) is 10.1. The van der Waals surface area contributed by atoms with Gasteiger partial charge in [0.15, 0.2) is 0 Å². The second-order valence-corrected chi connectivity index (χ2v) is 3.92. The third-order valence-electron chi connectivity index (χ3n) is 2.10. The van der Waals surface area contributed by atoms with Crippen molar-refractivity contribution in [1.82, 2.24) is 4.98 Å². The molecule has 1 N–H and O–H groups in total. The van der Waals surface area contributed by atoms with Crippen LogP contribution in [0.4, 0.5) is 0 Å². The second-order valence-electron chi connectivity index (χ2n) is 3.07. The van der Waals surface area contributed by atoms with Gasteiger partial charge in [0.25, 0.3) is 0 Å². The van der Waals surface area contributed by atoms with Crippen LogP contribution in [0.3, 0.4) is 0 Å². The molecule has 0 aliphatic heterocycles. The molecule has 2 rings (SSSR count). The molecule has 0 saturated heterocycles. The largest absolute Gasteiger partial charge is 0.497 e. The number of nitrogens with zero attached hydrogens (tertiary/aromatic N) is 1. The van der Waals surface area contributed by atoms with E-state index in [1.807, 2.05) is 6.07 Å². The Morgan fingerprint density at radius 2 is 2.31 bits per heavy atom. The highest BCUT2D eigenvalue weighted by molar-refractivity contribution is 7.12. The molecule has 16 heavy (non-hydrogen) atoms. The molecule has 1 aromatic heterocycles. The Hall–Kier alpha value is -1.88. The van der Waals surface area contributed by atoms with Crippen molar-refractivity contribution >= 4 is 17.3 Å². The summed E-state index contributed by atoms with van der Waals surface area (Å²) in [5.74, 6) is -0.276. The van der Waals surface area contributed by atoms with Crippen molar-refractivity contribution in [3.8, 4) is 17.0 Å². The molecule has 0 amide bonds. The zero-order chi connectivity index (χ0) is 11.5. The van der Waals surface area contributed by atoms with E-state index in [0.717, 1.165) is 16.9 Å². The van der Waals surface area contributed by atoms with Crippen molar-refractivity contribution in [3.63, 3.8) is 0 Å². The average molecular weight is 235 g/mol. The van der Waals surface area contributed by atoms with E-state index in [1.54, 1.807) is 25.3 Å². The van der Waals surface area contributed by atoms with Gasteiger partial charge in [0.2, 0.25) is 0 Å². The predicted molar refractivity (Wildman–Crippen MR) is 61.1 cm³/mol. The third-order valence-corrected chi connectivity index (χ3v) is 2.92. The van der Waals surface area contributed by atoms with E-state index >= 15 is 0 Å². The van der Waals surface area contributed by atoms with E-state index < -0.39 is 5.97 Å². The summed E-state index contributed by atoms with van der Waals surface area (Å²) in [5, 5.41) is 8.98. The maximum absolute atomic E-state index is 10.9. The fraction of sp³-hybridized carbons (Fsp3) is 0.0909. The Morgan fingerprint density at radius 3 is 3.00 bits per heavy atom. The number of methoxy groups -OCH3 is 1. The lowest BCUT2D eigenvalue weighted by Crippen LogP contribution is -1.95. The second kappa shape index (κ2) is 4.32. The topological polar surface area (TPSA) is 59.4 Å². The number of benzene rings is 1. The molecule has 0 unspecified atom stereocenters. The van der Waals surface area contributed by atoms with Gasteiger partial charge in [-0.1, -0.05) is 12.1 Å². The maximum atomic E-state index is 10.9. The van der Waals surface area contributed by atoms with Gasteiger partial charge in [-0.15, -0.1) is 11.3 Å². The molecule has 0 aliphatic carbocycles. The summed E-state index contributed by atoms with van der Waals surface area (Å²) >= 11 is 1.11. The monoisotopic (exact) mass is 235 g/mol. The number of carbonyl (C=O) groups is 1. The Kier molecular flexibility index (Phi) is 2.87. The Labute approximate surface area is 96.1 Å². The van der Waals surface area contributed by atoms with Gasteiger partial charge in [-0.2, -0.15) is 0 Å². The van der Waals surface area contributed by atoms with Gasteiger partial charge in [-0.25, -0.2) is 9.78 Å². The van der Waals surface area contributed by atoms with Gasteiger partial charge < -0.3 is 9.84 Å². The van der Waals surface area contributed by atoms with Gasteiger partial charge in [-0.3, -0.25) is 0 Å². The van der Waals surface area contributed by atoms with Crippen LogP contribution in [0.5, 0.6) is 5.75 Å². The Bertz CT molecular complexity index is 521. The summed E-state index contributed by atoms with van der Waals surface area (Å²) < 4.78 is 5.08. The van der Waals surface area contributed by atoms with Crippen LogP contribution in [-0.4, -0.2) is 23.2 Å². The summed E-state index contributed by atoms with van der Waals surface area (Å²) in [5.41, 5.74) is 2.76. The molecule has 0 atom stereocenters. The lowest BCUT2D eigenvalue weighted by molar-refractivity contribution is 0.0702. The van der Waals surface area contributed by atoms with Crippen LogP contribution in [0.15, 0.2) is 29.8 Å². The van der Waals surface area contributed by atoms with Crippen LogP contribution < -0.4 is 4.74 Å². The number of rotatable bonds is 3. The first kappa shape index (κ1) is 10.6. The van der Waals surface area contributed by atoms with Crippen LogP contribution in [0, 0.1) is 0 Å². The number of hydrogen-bond acceptors (Lipinski definition) is 4. The highest BCUT2D eigenvalue weighted by Gasteiger charge is 2.15. The van der Waals surface area contributed by atoms with Crippen LogP contribution in [0.2, 0.25) is 0 Å². The first-order valence-corrected chi connectivity index (χ1v) is 5.41. The predicted octanol–water partition coefficient (Wildman–Crippen LogP) is 2.52. The summed E-state index contributed by atoms with van der Waals surface area (Å²) in [6, 6.07) is 7.18. The van der Waals surface area contributed by atoms with Gasteiger partial charge in [0.05, 0.1) is 18.3 Å². The summed E-state index contributed by atoms with van der Waals surface area (Å²) in [6.07, 6.45) is 0. The van der Waals surface area contributed by atoms with Crippen LogP contribution in [-0.2, 0) is 0 Å². The molecule has 0 aliphatic rings. The number of aromatic nitrogens is 1. The molecular weight excluding hydrogens is 226 g/mol.